The Kier molecular flexibility index (Phi) is 4.63. The minimum Gasteiger partial charge on any atom is -0.480 e. The summed E-state index contributed by atoms with van der Waals surface area (Å²) in [5.74, 6) is -1.13. The Morgan fingerprint density at radius 1 is 1.24 bits per heavy atom. The summed E-state index contributed by atoms with van der Waals surface area (Å²) in [5.41, 5.74) is 2.58. The Morgan fingerprint density at radius 2 is 1.86 bits per heavy atom. The molecule has 21 heavy (non-hydrogen) atoms. The van der Waals surface area contributed by atoms with Gasteiger partial charge in [0.05, 0.1) is 6.04 Å². The molecule has 0 aromatic heterocycles. The summed E-state index contributed by atoms with van der Waals surface area (Å²) < 4.78 is 0. The average molecular weight is 290 g/mol. The fraction of sp³-hybridized carbons (Fsp3) is 0.500. The standard InChI is InChI=1S/C16H22N2O3/c1-11(15(19)17(3)12(2)16(20)21)18-9-8-13-6-4-5-7-14(13)10-18/h4-7,11-12H,8-10H2,1-3H3,(H,20,21)/t11-,12-/m1/s1. The van der Waals surface area contributed by atoms with Crippen LogP contribution in [0.2, 0.25) is 0 Å². The van der Waals surface area contributed by atoms with Crippen LogP contribution in [-0.2, 0) is 22.6 Å². The van der Waals surface area contributed by atoms with Gasteiger partial charge in [-0.05, 0) is 31.4 Å². The fourth-order valence-corrected chi connectivity index (χ4v) is 2.66. The summed E-state index contributed by atoms with van der Waals surface area (Å²) in [4.78, 5) is 26.8. The molecule has 2 atom stereocenters. The largest absolute Gasteiger partial charge is 0.480 e. The second-order valence-electron chi connectivity index (χ2n) is 5.63. The molecule has 0 aliphatic carbocycles. The second kappa shape index (κ2) is 6.26. The Morgan fingerprint density at radius 3 is 2.48 bits per heavy atom. The van der Waals surface area contributed by atoms with Crippen molar-refractivity contribution in [3.05, 3.63) is 35.4 Å². The maximum Gasteiger partial charge on any atom is 0.326 e. The van der Waals surface area contributed by atoms with Crippen LogP contribution in [0, 0.1) is 0 Å². The SMILES string of the molecule is C[C@H](C(=O)N(C)[C@H](C)C(=O)O)N1CCc2ccccc2C1. The number of carbonyl (C=O) groups excluding carboxylic acids is 1. The number of aliphatic carboxylic acids is 1. The molecule has 114 valence electrons. The average Bonchev–Trinajstić information content (AvgIpc) is 2.51. The summed E-state index contributed by atoms with van der Waals surface area (Å²) in [6.07, 6.45) is 0.923. The first-order valence-corrected chi connectivity index (χ1v) is 7.22. The molecule has 5 heteroatoms. The molecule has 0 saturated heterocycles. The number of hydrogen-bond acceptors (Lipinski definition) is 3. The van der Waals surface area contributed by atoms with E-state index in [1.807, 2.05) is 19.1 Å². The van der Waals surface area contributed by atoms with Crippen molar-refractivity contribution in [2.45, 2.75) is 38.9 Å². The number of hydrogen-bond donors (Lipinski definition) is 1. The molecular formula is C16H22N2O3. The summed E-state index contributed by atoms with van der Waals surface area (Å²) >= 11 is 0. The van der Waals surface area contributed by atoms with E-state index in [0.29, 0.717) is 0 Å². The summed E-state index contributed by atoms with van der Waals surface area (Å²) in [6, 6.07) is 7.13. The molecule has 1 amide bonds. The molecule has 1 aromatic carbocycles. The van der Waals surface area contributed by atoms with E-state index in [9.17, 15) is 9.59 Å². The van der Waals surface area contributed by atoms with Gasteiger partial charge in [0.25, 0.3) is 0 Å². The summed E-state index contributed by atoms with van der Waals surface area (Å²) in [7, 11) is 1.55. The van der Waals surface area contributed by atoms with Crippen LogP contribution in [0.1, 0.15) is 25.0 Å². The van der Waals surface area contributed by atoms with E-state index in [0.717, 1.165) is 19.5 Å². The predicted octanol–water partition coefficient (Wildman–Crippen LogP) is 1.36. The number of likely N-dealkylation sites (N-methyl/N-ethyl adjacent to an activating group) is 1. The monoisotopic (exact) mass is 290 g/mol. The minimum absolute atomic E-state index is 0.149. The van der Waals surface area contributed by atoms with E-state index in [2.05, 4.69) is 17.0 Å². The van der Waals surface area contributed by atoms with Gasteiger partial charge in [0.15, 0.2) is 0 Å². The zero-order chi connectivity index (χ0) is 15.6. The second-order valence-corrected chi connectivity index (χ2v) is 5.63. The smallest absolute Gasteiger partial charge is 0.326 e. The highest BCUT2D eigenvalue weighted by Gasteiger charge is 2.30. The van der Waals surface area contributed by atoms with E-state index >= 15 is 0 Å². The number of rotatable bonds is 4. The van der Waals surface area contributed by atoms with Crippen molar-refractivity contribution in [3.8, 4) is 0 Å². The van der Waals surface area contributed by atoms with Gasteiger partial charge in [0.1, 0.15) is 6.04 Å². The van der Waals surface area contributed by atoms with Crippen LogP contribution < -0.4 is 0 Å². The molecule has 1 aromatic rings. The summed E-state index contributed by atoms with van der Waals surface area (Å²) in [6.45, 7) is 4.93. The first-order chi connectivity index (χ1) is 9.91. The number of carbonyl (C=O) groups is 2. The van der Waals surface area contributed by atoms with Crippen LogP contribution in [0.5, 0.6) is 0 Å². The van der Waals surface area contributed by atoms with Crippen LogP contribution in [0.4, 0.5) is 0 Å². The van der Waals surface area contributed by atoms with Gasteiger partial charge in [0.2, 0.25) is 5.91 Å². The van der Waals surface area contributed by atoms with Gasteiger partial charge in [-0.2, -0.15) is 0 Å². The van der Waals surface area contributed by atoms with Crippen molar-refractivity contribution in [1.29, 1.82) is 0 Å². The zero-order valence-corrected chi connectivity index (χ0v) is 12.7. The quantitative estimate of drug-likeness (QED) is 0.909. The number of benzene rings is 1. The third-order valence-corrected chi connectivity index (χ3v) is 4.35. The van der Waals surface area contributed by atoms with Crippen molar-refractivity contribution in [3.63, 3.8) is 0 Å². The third-order valence-electron chi connectivity index (χ3n) is 4.35. The van der Waals surface area contributed by atoms with Gasteiger partial charge in [-0.15, -0.1) is 0 Å². The molecule has 0 spiro atoms. The van der Waals surface area contributed by atoms with E-state index in [1.165, 1.54) is 23.0 Å². The first kappa shape index (κ1) is 15.5. The van der Waals surface area contributed by atoms with Gasteiger partial charge in [-0.25, -0.2) is 4.79 Å². The predicted molar refractivity (Wildman–Crippen MR) is 79.9 cm³/mol. The molecule has 2 rings (SSSR count). The maximum absolute atomic E-state index is 12.4. The lowest BCUT2D eigenvalue weighted by molar-refractivity contribution is -0.150. The van der Waals surface area contributed by atoms with Crippen LogP contribution in [0.15, 0.2) is 24.3 Å². The molecular weight excluding hydrogens is 268 g/mol. The van der Waals surface area contributed by atoms with Crippen LogP contribution in [-0.4, -0.2) is 52.5 Å². The van der Waals surface area contributed by atoms with Crippen LogP contribution in [0.25, 0.3) is 0 Å². The molecule has 0 saturated carbocycles. The fourth-order valence-electron chi connectivity index (χ4n) is 2.66. The maximum atomic E-state index is 12.4. The Balaban J connectivity index is 2.06. The van der Waals surface area contributed by atoms with Crippen molar-refractivity contribution in [2.75, 3.05) is 13.6 Å². The van der Waals surface area contributed by atoms with Crippen molar-refractivity contribution < 1.29 is 14.7 Å². The molecule has 0 fully saturated rings. The van der Waals surface area contributed by atoms with Gasteiger partial charge in [-0.3, -0.25) is 9.69 Å². The number of carboxylic acids is 1. The molecule has 0 unspecified atom stereocenters. The van der Waals surface area contributed by atoms with E-state index in [4.69, 9.17) is 5.11 Å². The van der Waals surface area contributed by atoms with E-state index in [-0.39, 0.29) is 11.9 Å². The van der Waals surface area contributed by atoms with E-state index in [1.54, 1.807) is 7.05 Å². The van der Waals surface area contributed by atoms with Gasteiger partial charge in [-0.1, -0.05) is 24.3 Å². The molecule has 1 aliphatic rings. The summed E-state index contributed by atoms with van der Waals surface area (Å²) in [5, 5.41) is 9.02. The molecule has 1 aliphatic heterocycles. The van der Waals surface area contributed by atoms with Gasteiger partial charge < -0.3 is 10.0 Å². The lowest BCUT2D eigenvalue weighted by atomic mass is 9.98. The number of nitrogens with zero attached hydrogens (tertiary/aromatic N) is 2. The Bertz CT molecular complexity index is 544. The number of carboxylic acid groups (broad SMARTS) is 1. The van der Waals surface area contributed by atoms with E-state index < -0.39 is 12.0 Å². The highest BCUT2D eigenvalue weighted by atomic mass is 16.4. The van der Waals surface area contributed by atoms with Gasteiger partial charge in [0, 0.05) is 20.1 Å². The molecule has 0 radical (unpaired) electrons. The Hall–Kier alpha value is -1.88. The lowest BCUT2D eigenvalue weighted by Gasteiger charge is -2.35. The first-order valence-electron chi connectivity index (χ1n) is 7.22. The van der Waals surface area contributed by atoms with Gasteiger partial charge >= 0.3 is 5.97 Å². The Labute approximate surface area is 125 Å². The normalized spacial score (nSPS) is 17.7. The zero-order valence-electron chi connectivity index (χ0n) is 12.7. The highest BCUT2D eigenvalue weighted by molar-refractivity contribution is 5.86. The topological polar surface area (TPSA) is 60.9 Å². The third kappa shape index (κ3) is 3.24. The number of amides is 1. The molecule has 1 heterocycles. The van der Waals surface area contributed by atoms with Crippen LogP contribution in [0.3, 0.4) is 0 Å². The highest BCUT2D eigenvalue weighted by Crippen LogP contribution is 2.21. The molecule has 1 N–H and O–H groups in total. The van der Waals surface area contributed by atoms with Crippen LogP contribution >= 0.6 is 0 Å². The minimum atomic E-state index is -0.984. The van der Waals surface area contributed by atoms with Crippen molar-refractivity contribution >= 4 is 11.9 Å². The van der Waals surface area contributed by atoms with Crippen molar-refractivity contribution in [1.82, 2.24) is 9.80 Å². The number of fused-ring (bicyclic) bond motifs is 1. The molecule has 0 bridgehead atoms. The lowest BCUT2D eigenvalue weighted by Crippen LogP contribution is -2.51. The molecule has 5 nitrogen and oxygen atoms in total. The van der Waals surface area contributed by atoms with Crippen molar-refractivity contribution in [2.24, 2.45) is 0 Å².